The number of hydrogen-bond donors (Lipinski definition) is 1. The summed E-state index contributed by atoms with van der Waals surface area (Å²) >= 11 is 0. The number of amides is 2. The van der Waals surface area contributed by atoms with E-state index < -0.39 is 6.04 Å². The summed E-state index contributed by atoms with van der Waals surface area (Å²) in [7, 11) is 1.59. The van der Waals surface area contributed by atoms with Crippen LogP contribution in [0.1, 0.15) is 31.0 Å². The van der Waals surface area contributed by atoms with Crippen molar-refractivity contribution in [3.63, 3.8) is 0 Å². The number of aromatic nitrogens is 2. The molecule has 1 atom stereocenters. The summed E-state index contributed by atoms with van der Waals surface area (Å²) in [5.41, 5.74) is 0.905. The number of rotatable bonds is 6. The first-order valence-corrected chi connectivity index (χ1v) is 7.76. The molecule has 2 heterocycles. The molecular formula is C15H22N4O3. The third-order valence-corrected chi connectivity index (χ3v) is 4.21. The summed E-state index contributed by atoms with van der Waals surface area (Å²) in [5.74, 6) is 0.573. The minimum atomic E-state index is -0.459. The Balaban J connectivity index is 1.68. The summed E-state index contributed by atoms with van der Waals surface area (Å²) in [6.45, 7) is 1.85. The van der Waals surface area contributed by atoms with Gasteiger partial charge in [-0.3, -0.25) is 14.3 Å². The normalized spacial score (nSPS) is 20.6. The number of nitrogens with zero attached hydrogens (tertiary/aromatic N) is 3. The molecule has 7 nitrogen and oxygen atoms in total. The van der Waals surface area contributed by atoms with E-state index in [1.54, 1.807) is 22.9 Å². The number of fused-ring (bicyclic) bond motifs is 1. The van der Waals surface area contributed by atoms with Crippen LogP contribution in [-0.4, -0.2) is 53.3 Å². The Bertz CT molecular complexity index is 553. The van der Waals surface area contributed by atoms with Crippen LogP contribution in [0.15, 0.2) is 12.3 Å². The molecule has 0 unspecified atom stereocenters. The Kier molecular flexibility index (Phi) is 4.42. The average Bonchev–Trinajstić information content (AvgIpc) is 3.19. The van der Waals surface area contributed by atoms with E-state index in [9.17, 15) is 9.59 Å². The Morgan fingerprint density at radius 2 is 2.27 bits per heavy atom. The van der Waals surface area contributed by atoms with Crippen LogP contribution in [0.4, 0.5) is 0 Å². The highest BCUT2D eigenvalue weighted by Crippen LogP contribution is 2.33. The molecule has 3 rings (SSSR count). The number of carbonyl (C=O) groups is 2. The number of ether oxygens (including phenoxy) is 1. The molecule has 1 saturated carbocycles. The third kappa shape index (κ3) is 3.30. The molecule has 2 aliphatic rings. The molecule has 7 heteroatoms. The van der Waals surface area contributed by atoms with Gasteiger partial charge in [-0.05, 0) is 24.8 Å². The van der Waals surface area contributed by atoms with E-state index in [1.165, 1.54) is 0 Å². The van der Waals surface area contributed by atoms with Crippen LogP contribution in [-0.2, 0) is 20.9 Å². The molecule has 2 amide bonds. The lowest BCUT2D eigenvalue weighted by atomic mass is 10.1. The Labute approximate surface area is 129 Å². The van der Waals surface area contributed by atoms with Gasteiger partial charge in [-0.15, -0.1) is 0 Å². The average molecular weight is 306 g/mol. The van der Waals surface area contributed by atoms with Gasteiger partial charge in [-0.1, -0.05) is 0 Å². The van der Waals surface area contributed by atoms with Crippen LogP contribution in [0.25, 0.3) is 0 Å². The maximum absolute atomic E-state index is 12.4. The van der Waals surface area contributed by atoms with Crippen LogP contribution in [0, 0.1) is 5.92 Å². The Hall–Kier alpha value is -1.89. The van der Waals surface area contributed by atoms with E-state index in [0.717, 1.165) is 18.5 Å². The predicted octanol–water partition coefficient (Wildman–Crippen LogP) is 0.329. The Morgan fingerprint density at radius 1 is 1.45 bits per heavy atom. The van der Waals surface area contributed by atoms with Gasteiger partial charge in [0.1, 0.15) is 6.04 Å². The minimum Gasteiger partial charge on any atom is -0.383 e. The molecule has 1 aromatic heterocycles. The molecule has 120 valence electrons. The fourth-order valence-electron chi connectivity index (χ4n) is 2.77. The van der Waals surface area contributed by atoms with Crippen molar-refractivity contribution in [2.75, 3.05) is 26.8 Å². The maximum Gasteiger partial charge on any atom is 0.246 e. The van der Waals surface area contributed by atoms with Crippen molar-refractivity contribution in [1.29, 1.82) is 0 Å². The number of methoxy groups -OCH3 is 1. The van der Waals surface area contributed by atoms with Gasteiger partial charge in [0.2, 0.25) is 11.8 Å². The number of nitrogens with one attached hydrogen (secondary N) is 1. The lowest BCUT2D eigenvalue weighted by molar-refractivity contribution is -0.136. The molecule has 0 saturated heterocycles. The highest BCUT2D eigenvalue weighted by atomic mass is 16.5. The monoisotopic (exact) mass is 306 g/mol. The quantitative estimate of drug-likeness (QED) is 0.768. The molecule has 1 aromatic rings. The summed E-state index contributed by atoms with van der Waals surface area (Å²) in [5, 5.41) is 7.08. The van der Waals surface area contributed by atoms with Crippen molar-refractivity contribution in [3.05, 3.63) is 18.0 Å². The van der Waals surface area contributed by atoms with Crippen molar-refractivity contribution in [3.8, 4) is 0 Å². The summed E-state index contributed by atoms with van der Waals surface area (Å²) in [6.07, 6.45) is 4.59. The smallest absolute Gasteiger partial charge is 0.246 e. The zero-order valence-corrected chi connectivity index (χ0v) is 12.8. The van der Waals surface area contributed by atoms with E-state index in [4.69, 9.17) is 4.74 Å². The molecule has 0 bridgehead atoms. The fraction of sp³-hybridized carbons (Fsp3) is 0.667. The summed E-state index contributed by atoms with van der Waals surface area (Å²) in [4.78, 5) is 26.5. The molecule has 22 heavy (non-hydrogen) atoms. The second-order valence-corrected chi connectivity index (χ2v) is 5.99. The van der Waals surface area contributed by atoms with Crippen LogP contribution >= 0.6 is 0 Å². The van der Waals surface area contributed by atoms with Crippen LogP contribution in [0.3, 0.4) is 0 Å². The Morgan fingerprint density at radius 3 is 3.00 bits per heavy atom. The SMILES string of the molecule is COCCNC(=O)[C@@H]1CN(C(=O)CC2CC2)Cc2ccnn21. The summed E-state index contributed by atoms with van der Waals surface area (Å²) in [6, 6.07) is 1.41. The first-order valence-electron chi connectivity index (χ1n) is 7.76. The van der Waals surface area contributed by atoms with Crippen LogP contribution < -0.4 is 5.32 Å². The van der Waals surface area contributed by atoms with Gasteiger partial charge in [0.15, 0.2) is 0 Å². The summed E-state index contributed by atoms with van der Waals surface area (Å²) < 4.78 is 6.67. The van der Waals surface area contributed by atoms with Crippen molar-refractivity contribution >= 4 is 11.8 Å². The van der Waals surface area contributed by atoms with Crippen molar-refractivity contribution in [2.24, 2.45) is 5.92 Å². The molecular weight excluding hydrogens is 284 g/mol. The molecule has 1 aliphatic heterocycles. The first kappa shape index (κ1) is 15.0. The van der Waals surface area contributed by atoms with Gasteiger partial charge in [0.05, 0.1) is 25.4 Å². The third-order valence-electron chi connectivity index (χ3n) is 4.21. The van der Waals surface area contributed by atoms with E-state index in [-0.39, 0.29) is 11.8 Å². The maximum atomic E-state index is 12.4. The zero-order chi connectivity index (χ0) is 15.5. The fourth-order valence-corrected chi connectivity index (χ4v) is 2.77. The number of hydrogen-bond acceptors (Lipinski definition) is 4. The van der Waals surface area contributed by atoms with Crippen LogP contribution in [0.5, 0.6) is 0 Å². The van der Waals surface area contributed by atoms with Gasteiger partial charge < -0.3 is 15.0 Å². The van der Waals surface area contributed by atoms with Crippen molar-refractivity contribution in [2.45, 2.75) is 31.8 Å². The van der Waals surface area contributed by atoms with Gasteiger partial charge >= 0.3 is 0 Å². The van der Waals surface area contributed by atoms with Crippen molar-refractivity contribution < 1.29 is 14.3 Å². The highest BCUT2D eigenvalue weighted by Gasteiger charge is 2.34. The zero-order valence-electron chi connectivity index (χ0n) is 12.8. The second kappa shape index (κ2) is 6.48. The molecule has 1 fully saturated rings. The minimum absolute atomic E-state index is 0.120. The van der Waals surface area contributed by atoms with E-state index in [1.807, 2.05) is 6.07 Å². The first-order chi connectivity index (χ1) is 10.7. The molecule has 1 aliphatic carbocycles. The van der Waals surface area contributed by atoms with E-state index >= 15 is 0 Å². The van der Waals surface area contributed by atoms with Crippen molar-refractivity contribution in [1.82, 2.24) is 20.0 Å². The number of carbonyl (C=O) groups excluding carboxylic acids is 2. The second-order valence-electron chi connectivity index (χ2n) is 5.99. The van der Waals surface area contributed by atoms with Gasteiger partial charge in [-0.25, -0.2) is 0 Å². The largest absolute Gasteiger partial charge is 0.383 e. The van der Waals surface area contributed by atoms with Crippen LogP contribution in [0.2, 0.25) is 0 Å². The topological polar surface area (TPSA) is 76.5 Å². The van der Waals surface area contributed by atoms with E-state index in [0.29, 0.717) is 38.6 Å². The molecule has 1 N–H and O–H groups in total. The standard InChI is InChI=1S/C15H22N4O3/c1-22-7-6-16-15(21)13-10-18(14(20)8-11-2-3-11)9-12-4-5-17-19(12)13/h4-5,11,13H,2-3,6-10H2,1H3,(H,16,21)/t13-/m0/s1. The lowest BCUT2D eigenvalue weighted by Gasteiger charge is -2.33. The molecule has 0 spiro atoms. The molecule has 0 radical (unpaired) electrons. The van der Waals surface area contributed by atoms with Gasteiger partial charge in [0.25, 0.3) is 0 Å². The van der Waals surface area contributed by atoms with Gasteiger partial charge in [-0.2, -0.15) is 5.10 Å². The highest BCUT2D eigenvalue weighted by molar-refractivity contribution is 5.83. The van der Waals surface area contributed by atoms with E-state index in [2.05, 4.69) is 10.4 Å². The predicted molar refractivity (Wildman–Crippen MR) is 78.9 cm³/mol. The van der Waals surface area contributed by atoms with Gasteiger partial charge in [0, 0.05) is 26.3 Å². The lowest BCUT2D eigenvalue weighted by Crippen LogP contribution is -2.47. The molecule has 0 aromatic carbocycles.